The molecule has 0 saturated carbocycles. The highest BCUT2D eigenvalue weighted by atomic mass is 35.5. The predicted molar refractivity (Wildman–Crippen MR) is 140 cm³/mol. The van der Waals surface area contributed by atoms with Gasteiger partial charge in [0.05, 0.1) is 5.56 Å². The van der Waals surface area contributed by atoms with Crippen LogP contribution in [0.5, 0.6) is 0 Å². The van der Waals surface area contributed by atoms with Crippen LogP contribution in [0.1, 0.15) is 54.1 Å². The summed E-state index contributed by atoms with van der Waals surface area (Å²) < 4.78 is 41.5. The third kappa shape index (κ3) is 6.58. The predicted octanol–water partition coefficient (Wildman–Crippen LogP) is 4.56. The van der Waals surface area contributed by atoms with Crippen molar-refractivity contribution in [3.05, 3.63) is 58.2 Å². The van der Waals surface area contributed by atoms with E-state index in [1.165, 1.54) is 17.0 Å². The Kier molecular flexibility index (Phi) is 9.64. The first-order chi connectivity index (χ1) is 17.9. The van der Waals surface area contributed by atoms with Crippen LogP contribution in [0.3, 0.4) is 0 Å². The Morgan fingerprint density at radius 2 is 1.87 bits per heavy atom. The number of hydrogen-bond donors (Lipinski definition) is 2. The van der Waals surface area contributed by atoms with Crippen molar-refractivity contribution in [2.75, 3.05) is 38.6 Å². The van der Waals surface area contributed by atoms with Gasteiger partial charge in [-0.05, 0) is 55.7 Å². The van der Waals surface area contributed by atoms with E-state index >= 15 is 0 Å². The fourth-order valence-electron chi connectivity index (χ4n) is 4.61. The minimum atomic E-state index is -5.16. The van der Waals surface area contributed by atoms with Gasteiger partial charge in [-0.1, -0.05) is 42.8 Å². The van der Waals surface area contributed by atoms with Crippen molar-refractivity contribution in [1.82, 2.24) is 15.2 Å². The Morgan fingerprint density at radius 3 is 2.45 bits per heavy atom. The maximum atomic E-state index is 13.8. The van der Waals surface area contributed by atoms with Crippen LogP contribution >= 0.6 is 11.6 Å². The van der Waals surface area contributed by atoms with E-state index in [4.69, 9.17) is 11.6 Å². The summed E-state index contributed by atoms with van der Waals surface area (Å²) in [5.41, 5.74) is -3.15. The Morgan fingerprint density at radius 1 is 1.18 bits per heavy atom. The molecule has 208 valence electrons. The average Bonchev–Trinajstić information content (AvgIpc) is 2.89. The quantitative estimate of drug-likeness (QED) is 0.350. The third-order valence-electron chi connectivity index (χ3n) is 6.98. The summed E-state index contributed by atoms with van der Waals surface area (Å²) in [6.45, 7) is 3.27. The van der Waals surface area contributed by atoms with Crippen LogP contribution in [0.4, 0.5) is 19.0 Å². The van der Waals surface area contributed by atoms with Gasteiger partial charge in [-0.2, -0.15) is 13.2 Å². The molecule has 1 unspecified atom stereocenters. The second-order valence-corrected chi connectivity index (χ2v) is 10.2. The van der Waals surface area contributed by atoms with Gasteiger partial charge in [-0.15, -0.1) is 0 Å². The molecule has 11 heteroatoms. The molecule has 2 amide bonds. The van der Waals surface area contributed by atoms with Crippen molar-refractivity contribution in [2.24, 2.45) is 5.92 Å². The third-order valence-corrected chi connectivity index (χ3v) is 7.26. The number of carbonyl (C=O) groups is 2. The number of pyridine rings is 1. The van der Waals surface area contributed by atoms with Crippen LogP contribution in [0, 0.1) is 5.92 Å². The molecule has 3 rings (SSSR count). The minimum absolute atomic E-state index is 0.0312. The van der Waals surface area contributed by atoms with E-state index in [2.05, 4.69) is 15.2 Å². The van der Waals surface area contributed by atoms with Gasteiger partial charge in [0.2, 0.25) is 0 Å². The summed E-state index contributed by atoms with van der Waals surface area (Å²) in [6.07, 6.45) is -1.76. The molecule has 1 aromatic carbocycles. The number of alkyl halides is 3. The monoisotopic (exact) mass is 554 g/mol. The molecule has 1 atom stereocenters. The lowest BCUT2D eigenvalue weighted by Gasteiger charge is -2.33. The molecule has 1 fully saturated rings. The number of nitrogens with one attached hydrogen (secondary N) is 1. The van der Waals surface area contributed by atoms with Crippen LogP contribution in [-0.2, 0) is 16.8 Å². The van der Waals surface area contributed by atoms with E-state index in [0.717, 1.165) is 38.4 Å². The number of piperidine rings is 1. The van der Waals surface area contributed by atoms with Gasteiger partial charge < -0.3 is 20.2 Å². The zero-order valence-corrected chi connectivity index (χ0v) is 22.6. The molecule has 0 spiro atoms. The number of nitrogens with zero attached hydrogens (tertiary/aromatic N) is 3. The molecule has 0 radical (unpaired) electrons. The molecule has 2 aromatic rings. The highest BCUT2D eigenvalue weighted by Gasteiger charge is 2.60. The minimum Gasteiger partial charge on any atom is -0.369 e. The van der Waals surface area contributed by atoms with Crippen molar-refractivity contribution in [2.45, 2.75) is 50.8 Å². The summed E-state index contributed by atoms with van der Waals surface area (Å²) in [4.78, 5) is 32.6. The van der Waals surface area contributed by atoms with Gasteiger partial charge in [-0.3, -0.25) is 9.59 Å². The van der Waals surface area contributed by atoms with Crippen molar-refractivity contribution in [1.29, 1.82) is 0 Å². The highest BCUT2D eigenvalue weighted by molar-refractivity contribution is 6.32. The summed E-state index contributed by atoms with van der Waals surface area (Å²) in [7, 11) is 3.29. The van der Waals surface area contributed by atoms with Crippen LogP contribution in [0.15, 0.2) is 36.4 Å². The highest BCUT2D eigenvalue weighted by Crippen LogP contribution is 2.39. The van der Waals surface area contributed by atoms with E-state index in [1.807, 2.05) is 0 Å². The Balaban J connectivity index is 1.50. The zero-order chi connectivity index (χ0) is 28.1. The summed E-state index contributed by atoms with van der Waals surface area (Å²) in [5, 5.41) is 13.0. The van der Waals surface area contributed by atoms with E-state index in [-0.39, 0.29) is 17.6 Å². The first-order valence-electron chi connectivity index (χ1n) is 12.7. The van der Waals surface area contributed by atoms with Gasteiger partial charge in [0.25, 0.3) is 17.4 Å². The normalized spacial score (nSPS) is 16.2. The molecule has 7 nitrogen and oxygen atoms in total. The zero-order valence-electron chi connectivity index (χ0n) is 21.8. The largest absolute Gasteiger partial charge is 0.430 e. The van der Waals surface area contributed by atoms with E-state index < -0.39 is 23.2 Å². The molecule has 1 aromatic heterocycles. The van der Waals surface area contributed by atoms with Gasteiger partial charge >= 0.3 is 6.18 Å². The second kappa shape index (κ2) is 12.3. The number of hydrogen-bond acceptors (Lipinski definition) is 5. The maximum absolute atomic E-state index is 13.8. The number of amides is 2. The van der Waals surface area contributed by atoms with Crippen LogP contribution in [-0.4, -0.2) is 66.7 Å². The van der Waals surface area contributed by atoms with Gasteiger partial charge in [0, 0.05) is 39.3 Å². The van der Waals surface area contributed by atoms with E-state index in [0.29, 0.717) is 35.7 Å². The lowest BCUT2D eigenvalue weighted by Crippen LogP contribution is -2.54. The Bertz CT molecular complexity index is 1140. The van der Waals surface area contributed by atoms with E-state index in [9.17, 15) is 27.9 Å². The summed E-state index contributed by atoms with van der Waals surface area (Å²) >= 11 is 6.23. The number of aryl methyl sites for hydroxylation is 1. The fraction of sp³-hybridized carbons (Fsp3) is 0.519. The molecule has 2 heterocycles. The Hall–Kier alpha value is -2.85. The number of halogens is 4. The molecule has 0 aliphatic carbocycles. The van der Waals surface area contributed by atoms with Crippen molar-refractivity contribution in [3.63, 3.8) is 0 Å². The summed E-state index contributed by atoms with van der Waals surface area (Å²) in [6, 6.07) is 8.84. The number of rotatable bonds is 9. The summed E-state index contributed by atoms with van der Waals surface area (Å²) in [5.74, 6) is -0.652. The molecule has 1 aliphatic rings. The molecule has 1 saturated heterocycles. The molecule has 38 heavy (non-hydrogen) atoms. The standard InChI is InChI=1S/C27H34ClF3N4O3/c1-4-18-7-5-9-20(17-18)26(38,27(29,30)31)25(37)32-14-6-8-19-12-15-35(16-13-19)22-11-10-21(23(28)33-22)24(36)34(2)3/h5,7,9-11,17,19,38H,4,6,8,12-16H2,1-3H3,(H,32,37). The lowest BCUT2D eigenvalue weighted by molar-refractivity contribution is -0.257. The number of carbonyl (C=O) groups excluding carboxylic acids is 2. The number of benzene rings is 1. The smallest absolute Gasteiger partial charge is 0.369 e. The van der Waals surface area contributed by atoms with Crippen molar-refractivity contribution >= 4 is 29.2 Å². The first kappa shape index (κ1) is 29.7. The molecule has 1 aliphatic heterocycles. The Labute approximate surface area is 226 Å². The van der Waals surface area contributed by atoms with E-state index in [1.54, 1.807) is 39.2 Å². The number of aliphatic hydroxyl groups is 1. The SMILES string of the molecule is CCc1cccc(C(O)(C(=O)NCCCC2CCN(c3ccc(C(=O)N(C)C)c(Cl)n3)CC2)C(F)(F)F)c1. The lowest BCUT2D eigenvalue weighted by atomic mass is 9.90. The maximum Gasteiger partial charge on any atom is 0.430 e. The second-order valence-electron chi connectivity index (χ2n) is 9.80. The van der Waals surface area contributed by atoms with Crippen LogP contribution in [0.25, 0.3) is 0 Å². The molecule has 0 bridgehead atoms. The fourth-order valence-corrected chi connectivity index (χ4v) is 4.84. The van der Waals surface area contributed by atoms with Gasteiger partial charge in [0.15, 0.2) is 0 Å². The first-order valence-corrected chi connectivity index (χ1v) is 13.1. The van der Waals surface area contributed by atoms with Crippen molar-refractivity contribution in [3.8, 4) is 0 Å². The molecular formula is C27H34ClF3N4O3. The topological polar surface area (TPSA) is 85.8 Å². The van der Waals surface area contributed by atoms with Crippen LogP contribution in [0.2, 0.25) is 5.15 Å². The van der Waals surface area contributed by atoms with Gasteiger partial charge in [-0.25, -0.2) is 4.98 Å². The van der Waals surface area contributed by atoms with Crippen molar-refractivity contribution < 1.29 is 27.9 Å². The average molecular weight is 555 g/mol. The molecule has 2 N–H and O–H groups in total. The van der Waals surface area contributed by atoms with Crippen LogP contribution < -0.4 is 10.2 Å². The number of aromatic nitrogens is 1. The van der Waals surface area contributed by atoms with Gasteiger partial charge in [0.1, 0.15) is 11.0 Å². The number of anilines is 1. The molecular weight excluding hydrogens is 521 g/mol.